The number of carboxylic acid groups (broad SMARTS) is 1. The monoisotopic (exact) mass is 367 g/mol. The molecule has 1 atom stereocenters. The second kappa shape index (κ2) is 11.3. The molecule has 1 heterocycles. The van der Waals surface area contributed by atoms with Crippen LogP contribution in [0.15, 0.2) is 0 Å². The van der Waals surface area contributed by atoms with Gasteiger partial charge in [0.15, 0.2) is 0 Å². The van der Waals surface area contributed by atoms with Gasteiger partial charge in [0.1, 0.15) is 0 Å². The molecule has 0 bridgehead atoms. The van der Waals surface area contributed by atoms with Crippen LogP contribution in [-0.4, -0.2) is 22.2 Å². The lowest BCUT2D eigenvalue weighted by Crippen LogP contribution is -2.59. The summed E-state index contributed by atoms with van der Waals surface area (Å²) < 4.78 is 0. The number of carboxylic acids is 1. The maximum absolute atomic E-state index is 11.9. The number of carbonyl (C=O) groups is 1. The van der Waals surface area contributed by atoms with Gasteiger partial charge in [-0.25, -0.2) is 0 Å². The Balaban J connectivity index is 2.28. The number of nitrogens with one attached hydrogen (secondary N) is 1. The van der Waals surface area contributed by atoms with Crippen LogP contribution >= 0.6 is 0 Å². The fourth-order valence-electron chi connectivity index (χ4n) is 5.10. The number of hydrogen-bond donors (Lipinski definition) is 2. The van der Waals surface area contributed by atoms with Gasteiger partial charge in [-0.3, -0.25) is 4.79 Å². The first-order valence-electron chi connectivity index (χ1n) is 11.2. The minimum absolute atomic E-state index is 0.0257. The average molecular weight is 368 g/mol. The second-order valence-corrected chi connectivity index (χ2v) is 9.98. The minimum Gasteiger partial charge on any atom is -0.481 e. The molecule has 1 unspecified atom stereocenters. The standard InChI is InChI=1S/C23H45NO2/c1-6-7-8-9-10-11-12-13-14-15-16-20(21(25)26)19-17-22(2,3)24-23(4,5)18-19/h19-20,24H,6-18H2,1-5H3,(H,25,26). The van der Waals surface area contributed by atoms with Crippen molar-refractivity contribution in [3.8, 4) is 0 Å². The van der Waals surface area contributed by atoms with Gasteiger partial charge in [-0.1, -0.05) is 71.1 Å². The molecule has 1 aliphatic heterocycles. The van der Waals surface area contributed by atoms with Crippen LogP contribution in [0, 0.1) is 11.8 Å². The van der Waals surface area contributed by atoms with Crippen LogP contribution < -0.4 is 5.32 Å². The van der Waals surface area contributed by atoms with Crippen molar-refractivity contribution in [3.05, 3.63) is 0 Å². The highest BCUT2D eigenvalue weighted by molar-refractivity contribution is 5.70. The van der Waals surface area contributed by atoms with E-state index in [2.05, 4.69) is 39.9 Å². The molecule has 3 nitrogen and oxygen atoms in total. The predicted octanol–water partition coefficient (Wildman–Crippen LogP) is 6.56. The summed E-state index contributed by atoms with van der Waals surface area (Å²) in [5.41, 5.74) is 0.0514. The molecule has 154 valence electrons. The lowest BCUT2D eigenvalue weighted by molar-refractivity contribution is -0.145. The molecule has 26 heavy (non-hydrogen) atoms. The first-order valence-corrected chi connectivity index (χ1v) is 11.2. The predicted molar refractivity (Wildman–Crippen MR) is 112 cm³/mol. The van der Waals surface area contributed by atoms with Crippen molar-refractivity contribution in [2.24, 2.45) is 11.8 Å². The molecule has 0 aromatic heterocycles. The average Bonchev–Trinajstić information content (AvgIpc) is 2.49. The zero-order chi connectivity index (χ0) is 19.6. The largest absolute Gasteiger partial charge is 0.481 e. The van der Waals surface area contributed by atoms with Crippen LogP contribution in [0.3, 0.4) is 0 Å². The number of hydrogen-bond acceptors (Lipinski definition) is 2. The highest BCUT2D eigenvalue weighted by Crippen LogP contribution is 2.38. The van der Waals surface area contributed by atoms with Crippen LogP contribution in [0.4, 0.5) is 0 Å². The Kier molecular flexibility index (Phi) is 10.2. The molecule has 3 heteroatoms. The van der Waals surface area contributed by atoms with E-state index in [4.69, 9.17) is 0 Å². The van der Waals surface area contributed by atoms with E-state index in [1.54, 1.807) is 0 Å². The summed E-state index contributed by atoms with van der Waals surface area (Å²) in [6.07, 6.45) is 15.8. The van der Waals surface area contributed by atoms with Crippen molar-refractivity contribution in [1.29, 1.82) is 0 Å². The molecule has 1 rings (SSSR count). The molecule has 0 amide bonds. The number of unbranched alkanes of at least 4 members (excludes halogenated alkanes) is 9. The summed E-state index contributed by atoms with van der Waals surface area (Å²) in [6.45, 7) is 11.1. The lowest BCUT2D eigenvalue weighted by atomic mass is 9.69. The van der Waals surface area contributed by atoms with E-state index < -0.39 is 5.97 Å². The second-order valence-electron chi connectivity index (χ2n) is 9.98. The van der Waals surface area contributed by atoms with Crippen molar-refractivity contribution in [2.45, 2.75) is 129 Å². The van der Waals surface area contributed by atoms with Crippen molar-refractivity contribution in [3.63, 3.8) is 0 Å². The first-order chi connectivity index (χ1) is 12.2. The van der Waals surface area contributed by atoms with Crippen molar-refractivity contribution < 1.29 is 9.90 Å². The third kappa shape index (κ3) is 9.39. The van der Waals surface area contributed by atoms with Gasteiger partial charge < -0.3 is 10.4 Å². The van der Waals surface area contributed by atoms with Gasteiger partial charge in [0.2, 0.25) is 0 Å². The summed E-state index contributed by atoms with van der Waals surface area (Å²) in [5.74, 6) is -0.471. The molecule has 0 aliphatic carbocycles. The van der Waals surface area contributed by atoms with E-state index in [-0.39, 0.29) is 22.9 Å². The van der Waals surface area contributed by atoms with Gasteiger partial charge in [-0.05, 0) is 52.9 Å². The fourth-order valence-corrected chi connectivity index (χ4v) is 5.10. The highest BCUT2D eigenvalue weighted by atomic mass is 16.4. The zero-order valence-electron chi connectivity index (χ0n) is 18.2. The van der Waals surface area contributed by atoms with Crippen LogP contribution in [0.2, 0.25) is 0 Å². The summed E-state index contributed by atoms with van der Waals surface area (Å²) in [4.78, 5) is 11.9. The Morgan fingerprint density at radius 1 is 0.885 bits per heavy atom. The molecule has 0 aromatic rings. The first kappa shape index (κ1) is 23.5. The van der Waals surface area contributed by atoms with Gasteiger partial charge in [0, 0.05) is 11.1 Å². The summed E-state index contributed by atoms with van der Waals surface area (Å²) in [6, 6.07) is 0. The Hall–Kier alpha value is -0.570. The summed E-state index contributed by atoms with van der Waals surface area (Å²) in [7, 11) is 0. The highest BCUT2D eigenvalue weighted by Gasteiger charge is 2.42. The van der Waals surface area contributed by atoms with Crippen LogP contribution in [0.25, 0.3) is 0 Å². The van der Waals surface area contributed by atoms with Gasteiger partial charge in [-0.15, -0.1) is 0 Å². The van der Waals surface area contributed by atoms with E-state index in [1.165, 1.54) is 57.8 Å². The Bertz CT molecular complexity index is 387. The third-order valence-electron chi connectivity index (χ3n) is 5.98. The normalized spacial score (nSPS) is 20.8. The maximum Gasteiger partial charge on any atom is 0.306 e. The Labute approximate surface area is 162 Å². The lowest BCUT2D eigenvalue weighted by Gasteiger charge is -2.48. The number of piperidine rings is 1. The molecule has 1 aliphatic rings. The molecular formula is C23H45NO2. The molecule has 0 saturated carbocycles. The molecule has 1 fully saturated rings. The van der Waals surface area contributed by atoms with E-state index in [0.29, 0.717) is 0 Å². The molecule has 0 radical (unpaired) electrons. The van der Waals surface area contributed by atoms with E-state index >= 15 is 0 Å². The molecular weight excluding hydrogens is 322 g/mol. The van der Waals surface area contributed by atoms with Crippen molar-refractivity contribution in [2.75, 3.05) is 0 Å². The van der Waals surface area contributed by atoms with Gasteiger partial charge >= 0.3 is 5.97 Å². The maximum atomic E-state index is 11.9. The summed E-state index contributed by atoms with van der Waals surface area (Å²) >= 11 is 0. The number of rotatable bonds is 13. The molecule has 2 N–H and O–H groups in total. The summed E-state index contributed by atoms with van der Waals surface area (Å²) in [5, 5.41) is 13.5. The Morgan fingerprint density at radius 3 is 1.73 bits per heavy atom. The molecule has 1 saturated heterocycles. The van der Waals surface area contributed by atoms with Crippen molar-refractivity contribution in [1.82, 2.24) is 5.32 Å². The molecule has 0 spiro atoms. The fraction of sp³-hybridized carbons (Fsp3) is 0.957. The zero-order valence-corrected chi connectivity index (χ0v) is 18.2. The molecule has 0 aromatic carbocycles. The van der Waals surface area contributed by atoms with Gasteiger partial charge in [-0.2, -0.15) is 0 Å². The van der Waals surface area contributed by atoms with Gasteiger partial charge in [0.25, 0.3) is 0 Å². The van der Waals surface area contributed by atoms with Crippen LogP contribution in [-0.2, 0) is 4.79 Å². The van der Waals surface area contributed by atoms with Crippen molar-refractivity contribution >= 4 is 5.97 Å². The van der Waals surface area contributed by atoms with Crippen LogP contribution in [0.5, 0.6) is 0 Å². The quantitative estimate of drug-likeness (QED) is 0.363. The topological polar surface area (TPSA) is 49.3 Å². The van der Waals surface area contributed by atoms with E-state index in [0.717, 1.165) is 25.7 Å². The Morgan fingerprint density at radius 2 is 1.31 bits per heavy atom. The third-order valence-corrected chi connectivity index (χ3v) is 5.98. The minimum atomic E-state index is -0.584. The smallest absolute Gasteiger partial charge is 0.306 e. The van der Waals surface area contributed by atoms with Crippen LogP contribution in [0.1, 0.15) is 118 Å². The SMILES string of the molecule is CCCCCCCCCCCCC(C(=O)O)C1CC(C)(C)NC(C)(C)C1. The van der Waals surface area contributed by atoms with Gasteiger partial charge in [0.05, 0.1) is 5.92 Å². The van der Waals surface area contributed by atoms with E-state index in [1.807, 2.05) is 0 Å². The van der Waals surface area contributed by atoms with E-state index in [9.17, 15) is 9.90 Å². The number of aliphatic carboxylic acids is 1.